The number of nitrogens with zero attached hydrogens (tertiary/aromatic N) is 3. The average molecular weight is 477 g/mol. The number of aliphatic hydroxyl groups excluding tert-OH is 1. The molecule has 0 aliphatic carbocycles. The SMILES string of the molecule is COc1ccccc1N1CCN([C@H]2[C@@H]3OC[C@@H](O3)[C@@H](NCc3cnc4ccccc4c3)[C@@H]2O)CC1. The van der Waals surface area contributed by atoms with E-state index in [0.717, 1.165) is 54.1 Å². The number of benzene rings is 2. The van der Waals surface area contributed by atoms with E-state index in [0.29, 0.717) is 13.2 Å². The highest BCUT2D eigenvalue weighted by molar-refractivity contribution is 5.78. The van der Waals surface area contributed by atoms with Crippen molar-refractivity contribution in [3.63, 3.8) is 0 Å². The summed E-state index contributed by atoms with van der Waals surface area (Å²) in [6.07, 6.45) is 0.753. The van der Waals surface area contributed by atoms with E-state index in [2.05, 4.69) is 38.3 Å². The van der Waals surface area contributed by atoms with Gasteiger partial charge in [0.2, 0.25) is 0 Å². The molecule has 2 N–H and O–H groups in total. The van der Waals surface area contributed by atoms with Crippen molar-refractivity contribution in [2.45, 2.75) is 37.1 Å². The van der Waals surface area contributed by atoms with Crippen LogP contribution in [0.2, 0.25) is 0 Å². The maximum Gasteiger partial charge on any atom is 0.176 e. The molecule has 6 rings (SSSR count). The summed E-state index contributed by atoms with van der Waals surface area (Å²) < 4.78 is 17.8. The van der Waals surface area contributed by atoms with Gasteiger partial charge in [-0.2, -0.15) is 0 Å². The van der Waals surface area contributed by atoms with Gasteiger partial charge in [0.15, 0.2) is 6.29 Å². The zero-order chi connectivity index (χ0) is 23.8. The summed E-state index contributed by atoms with van der Waals surface area (Å²) >= 11 is 0. The molecule has 3 fully saturated rings. The Morgan fingerprint density at radius 3 is 2.74 bits per heavy atom. The van der Waals surface area contributed by atoms with Crippen molar-refractivity contribution in [3.05, 3.63) is 66.4 Å². The summed E-state index contributed by atoms with van der Waals surface area (Å²) in [4.78, 5) is 9.22. The van der Waals surface area contributed by atoms with Crippen molar-refractivity contribution >= 4 is 16.6 Å². The first-order chi connectivity index (χ1) is 17.2. The van der Waals surface area contributed by atoms with Gasteiger partial charge in [-0.05, 0) is 29.8 Å². The van der Waals surface area contributed by atoms with Gasteiger partial charge in [0.1, 0.15) is 11.9 Å². The minimum absolute atomic E-state index is 0.158. The Bertz CT molecular complexity index is 1170. The Kier molecular flexibility index (Phi) is 6.30. The van der Waals surface area contributed by atoms with Crippen LogP contribution in [-0.2, 0) is 16.0 Å². The van der Waals surface area contributed by atoms with Crippen LogP contribution in [0.3, 0.4) is 0 Å². The molecule has 35 heavy (non-hydrogen) atoms. The van der Waals surface area contributed by atoms with Crippen LogP contribution in [0.5, 0.6) is 5.75 Å². The fourth-order valence-electron chi connectivity index (χ4n) is 5.64. The van der Waals surface area contributed by atoms with Crippen molar-refractivity contribution in [3.8, 4) is 5.75 Å². The molecule has 2 bridgehead atoms. The first-order valence-corrected chi connectivity index (χ1v) is 12.4. The Morgan fingerprint density at radius 1 is 1.09 bits per heavy atom. The lowest BCUT2D eigenvalue weighted by atomic mass is 9.94. The summed E-state index contributed by atoms with van der Waals surface area (Å²) in [5.41, 5.74) is 3.17. The number of pyridine rings is 1. The molecule has 3 saturated heterocycles. The van der Waals surface area contributed by atoms with Crippen LogP contribution >= 0.6 is 0 Å². The second-order valence-electron chi connectivity index (χ2n) is 9.50. The summed E-state index contributed by atoms with van der Waals surface area (Å²) in [6.45, 7) is 4.43. The van der Waals surface area contributed by atoms with Crippen molar-refractivity contribution < 1.29 is 19.3 Å². The molecule has 184 valence electrons. The lowest BCUT2D eigenvalue weighted by Gasteiger charge is -2.47. The molecule has 3 aliphatic heterocycles. The van der Waals surface area contributed by atoms with Crippen LogP contribution in [0.15, 0.2) is 60.8 Å². The van der Waals surface area contributed by atoms with Gasteiger partial charge in [-0.15, -0.1) is 0 Å². The maximum absolute atomic E-state index is 11.5. The van der Waals surface area contributed by atoms with Crippen molar-refractivity contribution in [1.29, 1.82) is 0 Å². The molecule has 0 radical (unpaired) electrons. The van der Waals surface area contributed by atoms with Crippen molar-refractivity contribution in [2.24, 2.45) is 0 Å². The van der Waals surface area contributed by atoms with Crippen LogP contribution in [0.25, 0.3) is 10.9 Å². The van der Waals surface area contributed by atoms with E-state index in [1.54, 1.807) is 7.11 Å². The third kappa shape index (κ3) is 4.37. The van der Waals surface area contributed by atoms with Crippen LogP contribution in [-0.4, -0.2) is 85.5 Å². The van der Waals surface area contributed by atoms with E-state index in [4.69, 9.17) is 14.2 Å². The summed E-state index contributed by atoms with van der Waals surface area (Å²) in [7, 11) is 1.71. The minimum Gasteiger partial charge on any atom is -0.495 e. The predicted octanol–water partition coefficient (Wildman–Crippen LogP) is 2.01. The Morgan fingerprint density at radius 2 is 1.89 bits per heavy atom. The first-order valence-electron chi connectivity index (χ1n) is 12.4. The molecule has 0 unspecified atom stereocenters. The monoisotopic (exact) mass is 476 g/mol. The van der Waals surface area contributed by atoms with Crippen molar-refractivity contribution in [2.75, 3.05) is 44.8 Å². The average Bonchev–Trinajstić information content (AvgIpc) is 3.33. The number of hydrogen-bond acceptors (Lipinski definition) is 8. The normalized spacial score (nSPS) is 29.0. The fourth-order valence-corrected chi connectivity index (χ4v) is 5.64. The first kappa shape index (κ1) is 22.7. The molecule has 5 atom stereocenters. The highest BCUT2D eigenvalue weighted by Crippen LogP contribution is 2.34. The van der Waals surface area contributed by atoms with E-state index >= 15 is 0 Å². The molecule has 0 saturated carbocycles. The molecule has 8 nitrogen and oxygen atoms in total. The number of rotatable bonds is 6. The van der Waals surface area contributed by atoms with Crippen LogP contribution in [0.1, 0.15) is 5.56 Å². The van der Waals surface area contributed by atoms with Gasteiger partial charge in [0.05, 0.1) is 43.1 Å². The van der Waals surface area contributed by atoms with Gasteiger partial charge in [-0.1, -0.05) is 30.3 Å². The minimum atomic E-state index is -0.590. The number of ether oxygens (including phenoxy) is 3. The third-order valence-electron chi connectivity index (χ3n) is 7.48. The molecule has 4 heterocycles. The number of nitrogens with one attached hydrogen (secondary N) is 1. The molecule has 8 heteroatoms. The predicted molar refractivity (Wildman–Crippen MR) is 134 cm³/mol. The quantitative estimate of drug-likeness (QED) is 0.560. The third-order valence-corrected chi connectivity index (χ3v) is 7.48. The van der Waals surface area contributed by atoms with Crippen LogP contribution in [0, 0.1) is 0 Å². The van der Waals surface area contributed by atoms with Crippen LogP contribution < -0.4 is 15.0 Å². The fraction of sp³-hybridized carbons (Fsp3) is 0.444. The lowest BCUT2D eigenvalue weighted by molar-refractivity contribution is -0.183. The molecule has 3 aliphatic rings. The lowest BCUT2D eigenvalue weighted by Crippen LogP contribution is -2.66. The zero-order valence-corrected chi connectivity index (χ0v) is 19.9. The molecule has 2 aromatic carbocycles. The summed E-state index contributed by atoms with van der Waals surface area (Å²) in [5, 5.41) is 16.1. The van der Waals surface area contributed by atoms with Gasteiger partial charge >= 0.3 is 0 Å². The number of fused-ring (bicyclic) bond motifs is 3. The summed E-state index contributed by atoms with van der Waals surface area (Å²) in [6, 6.07) is 17.9. The summed E-state index contributed by atoms with van der Waals surface area (Å²) in [5.74, 6) is 0.886. The van der Waals surface area contributed by atoms with E-state index in [9.17, 15) is 5.11 Å². The van der Waals surface area contributed by atoms with E-state index in [1.165, 1.54) is 0 Å². The number of para-hydroxylation sites is 3. The Balaban J connectivity index is 1.12. The molecular formula is C27H32N4O4. The number of anilines is 1. The van der Waals surface area contributed by atoms with E-state index < -0.39 is 12.4 Å². The standard InChI is InChI=1S/C27H32N4O4/c1-33-22-9-5-4-8-21(22)30-10-12-31(13-11-30)25-26(32)24(23-17-34-27(25)35-23)29-16-18-14-19-6-2-3-7-20(19)28-15-18/h2-9,14-15,23-27,29,32H,10-13,16-17H2,1H3/t23-,24-,25-,26+,27-/m1/s1. The highest BCUT2D eigenvalue weighted by Gasteiger charge is 2.52. The number of methoxy groups -OCH3 is 1. The molecule has 0 amide bonds. The number of hydrogen-bond donors (Lipinski definition) is 2. The molecule has 3 aromatic rings. The van der Waals surface area contributed by atoms with Crippen LogP contribution in [0.4, 0.5) is 5.69 Å². The number of piperazine rings is 1. The number of aromatic nitrogens is 1. The van der Waals surface area contributed by atoms with Crippen molar-refractivity contribution in [1.82, 2.24) is 15.2 Å². The Hall–Kier alpha value is -2.75. The van der Waals surface area contributed by atoms with Gasteiger partial charge in [-0.3, -0.25) is 9.88 Å². The topological polar surface area (TPSA) is 79.3 Å². The molecule has 1 aromatic heterocycles. The van der Waals surface area contributed by atoms with E-state index in [1.807, 2.05) is 42.6 Å². The molecular weight excluding hydrogens is 444 g/mol. The zero-order valence-electron chi connectivity index (χ0n) is 19.9. The smallest absolute Gasteiger partial charge is 0.176 e. The van der Waals surface area contributed by atoms with E-state index in [-0.39, 0.29) is 18.2 Å². The maximum atomic E-state index is 11.5. The largest absolute Gasteiger partial charge is 0.495 e. The Labute approximate surface area is 205 Å². The van der Waals surface area contributed by atoms with Gasteiger partial charge in [-0.25, -0.2) is 0 Å². The molecule has 0 spiro atoms. The van der Waals surface area contributed by atoms with Gasteiger partial charge < -0.3 is 29.5 Å². The van der Waals surface area contributed by atoms with Gasteiger partial charge in [0.25, 0.3) is 0 Å². The van der Waals surface area contributed by atoms with Gasteiger partial charge in [0, 0.05) is 44.3 Å². The second-order valence-corrected chi connectivity index (χ2v) is 9.50. The number of aliphatic hydroxyl groups is 1. The second kappa shape index (κ2) is 9.72. The highest BCUT2D eigenvalue weighted by atomic mass is 16.7.